The van der Waals surface area contributed by atoms with E-state index in [4.69, 9.17) is 0 Å². The Morgan fingerprint density at radius 3 is 2.36 bits per heavy atom. The van der Waals surface area contributed by atoms with Gasteiger partial charge in [0.25, 0.3) is 0 Å². The Labute approximate surface area is 154 Å². The number of nitrogens with zero attached hydrogens (tertiary/aromatic N) is 1. The SMILES string of the molecule is CSc1ccc(C(c2cccc(C)c2)N2CCC(C(=O)O)CC2)cc1. The molecule has 2 aromatic rings. The third kappa shape index (κ3) is 4.25. The predicted octanol–water partition coefficient (Wildman–Crippen LogP) is 4.60. The summed E-state index contributed by atoms with van der Waals surface area (Å²) in [6.45, 7) is 3.76. The number of carbonyl (C=O) groups is 1. The topological polar surface area (TPSA) is 40.5 Å². The standard InChI is InChI=1S/C21H25NO2S/c1-15-4-3-5-18(14-15)20(16-6-8-19(25-2)9-7-16)22-12-10-17(11-13-22)21(23)24/h3-9,14,17,20H,10-13H2,1-2H3,(H,23,24). The molecule has 3 rings (SSSR count). The van der Waals surface area contributed by atoms with Gasteiger partial charge >= 0.3 is 5.97 Å². The Morgan fingerprint density at radius 2 is 1.80 bits per heavy atom. The van der Waals surface area contributed by atoms with Crippen LogP contribution in [-0.2, 0) is 4.79 Å². The fraction of sp³-hybridized carbons (Fsp3) is 0.381. The van der Waals surface area contributed by atoms with Crippen LogP contribution >= 0.6 is 11.8 Å². The minimum atomic E-state index is -0.656. The number of carboxylic acids is 1. The molecular weight excluding hydrogens is 330 g/mol. The fourth-order valence-electron chi connectivity index (χ4n) is 3.65. The van der Waals surface area contributed by atoms with Crippen LogP contribution in [0.5, 0.6) is 0 Å². The molecule has 0 saturated carbocycles. The van der Waals surface area contributed by atoms with E-state index < -0.39 is 5.97 Å². The van der Waals surface area contributed by atoms with Crippen molar-refractivity contribution < 1.29 is 9.90 Å². The Kier molecular flexibility index (Phi) is 5.82. The lowest BCUT2D eigenvalue weighted by Crippen LogP contribution is -2.39. The number of carboxylic acid groups (broad SMARTS) is 1. The van der Waals surface area contributed by atoms with Gasteiger partial charge in [-0.25, -0.2) is 0 Å². The van der Waals surface area contributed by atoms with Crippen molar-refractivity contribution in [1.82, 2.24) is 4.90 Å². The molecule has 1 N–H and O–H groups in total. The first-order valence-corrected chi connectivity index (χ1v) is 9.98. The van der Waals surface area contributed by atoms with Gasteiger partial charge in [-0.05, 0) is 62.4 Å². The Morgan fingerprint density at radius 1 is 1.12 bits per heavy atom. The molecule has 3 nitrogen and oxygen atoms in total. The maximum Gasteiger partial charge on any atom is 0.306 e. The van der Waals surface area contributed by atoms with Gasteiger partial charge < -0.3 is 5.11 Å². The molecule has 1 saturated heterocycles. The van der Waals surface area contributed by atoms with Gasteiger partial charge in [-0.3, -0.25) is 9.69 Å². The summed E-state index contributed by atoms with van der Waals surface area (Å²) in [5.74, 6) is -0.857. The monoisotopic (exact) mass is 355 g/mol. The average Bonchev–Trinajstić information content (AvgIpc) is 2.63. The van der Waals surface area contributed by atoms with Crippen LogP contribution in [-0.4, -0.2) is 35.3 Å². The van der Waals surface area contributed by atoms with Gasteiger partial charge in [0, 0.05) is 4.90 Å². The average molecular weight is 356 g/mol. The molecule has 25 heavy (non-hydrogen) atoms. The number of aryl methyl sites for hydroxylation is 1. The predicted molar refractivity (Wildman–Crippen MR) is 103 cm³/mol. The number of piperidine rings is 1. The molecule has 1 aliphatic heterocycles. The van der Waals surface area contributed by atoms with E-state index in [9.17, 15) is 9.90 Å². The molecule has 0 spiro atoms. The fourth-order valence-corrected chi connectivity index (χ4v) is 4.05. The largest absolute Gasteiger partial charge is 0.481 e. The van der Waals surface area contributed by atoms with Crippen LogP contribution in [0.25, 0.3) is 0 Å². The molecule has 1 unspecified atom stereocenters. The van der Waals surface area contributed by atoms with Crippen molar-refractivity contribution in [3.8, 4) is 0 Å². The lowest BCUT2D eigenvalue weighted by Gasteiger charge is -2.37. The van der Waals surface area contributed by atoms with Gasteiger partial charge in [-0.2, -0.15) is 0 Å². The van der Waals surface area contributed by atoms with Crippen LogP contribution in [0.2, 0.25) is 0 Å². The third-order valence-electron chi connectivity index (χ3n) is 5.03. The van der Waals surface area contributed by atoms with Crippen LogP contribution in [0.3, 0.4) is 0 Å². The minimum Gasteiger partial charge on any atom is -0.481 e. The molecule has 1 aliphatic rings. The highest BCUT2D eigenvalue weighted by Crippen LogP contribution is 2.33. The second-order valence-electron chi connectivity index (χ2n) is 6.74. The number of rotatable bonds is 5. The molecule has 0 aliphatic carbocycles. The minimum absolute atomic E-state index is 0.186. The Bertz CT molecular complexity index is 721. The van der Waals surface area contributed by atoms with E-state index >= 15 is 0 Å². The van der Waals surface area contributed by atoms with Crippen LogP contribution in [0, 0.1) is 12.8 Å². The van der Waals surface area contributed by atoms with Crippen molar-refractivity contribution >= 4 is 17.7 Å². The van der Waals surface area contributed by atoms with E-state index in [1.807, 2.05) is 0 Å². The maximum atomic E-state index is 11.3. The van der Waals surface area contributed by atoms with E-state index in [1.165, 1.54) is 21.6 Å². The van der Waals surface area contributed by atoms with Crippen LogP contribution in [0.15, 0.2) is 53.4 Å². The van der Waals surface area contributed by atoms with Crippen LogP contribution in [0.1, 0.15) is 35.6 Å². The van der Waals surface area contributed by atoms with Crippen molar-refractivity contribution in [3.63, 3.8) is 0 Å². The van der Waals surface area contributed by atoms with Crippen LogP contribution in [0.4, 0.5) is 0 Å². The van der Waals surface area contributed by atoms with Gasteiger partial charge in [0.1, 0.15) is 0 Å². The second kappa shape index (κ2) is 8.07. The van der Waals surface area contributed by atoms with Gasteiger partial charge in [-0.1, -0.05) is 42.0 Å². The van der Waals surface area contributed by atoms with Crippen molar-refractivity contribution in [3.05, 3.63) is 65.2 Å². The summed E-state index contributed by atoms with van der Waals surface area (Å²) in [7, 11) is 0. The highest BCUT2D eigenvalue weighted by molar-refractivity contribution is 7.98. The molecule has 0 amide bonds. The first-order valence-electron chi connectivity index (χ1n) is 8.76. The van der Waals surface area contributed by atoms with Crippen molar-refractivity contribution in [2.75, 3.05) is 19.3 Å². The number of benzene rings is 2. The van der Waals surface area contributed by atoms with Gasteiger partial charge in [-0.15, -0.1) is 11.8 Å². The maximum absolute atomic E-state index is 11.3. The van der Waals surface area contributed by atoms with E-state index in [0.29, 0.717) is 0 Å². The summed E-state index contributed by atoms with van der Waals surface area (Å²) in [6.07, 6.45) is 3.53. The Balaban J connectivity index is 1.90. The molecule has 4 heteroatoms. The number of hydrogen-bond donors (Lipinski definition) is 1. The number of thioether (sulfide) groups is 1. The molecule has 1 heterocycles. The molecule has 2 aromatic carbocycles. The Hall–Kier alpha value is -1.78. The molecule has 0 radical (unpaired) electrons. The first-order chi connectivity index (χ1) is 12.1. The number of hydrogen-bond acceptors (Lipinski definition) is 3. The quantitative estimate of drug-likeness (QED) is 0.796. The number of likely N-dealkylation sites (tertiary alicyclic amines) is 1. The molecule has 0 aromatic heterocycles. The highest BCUT2D eigenvalue weighted by Gasteiger charge is 2.30. The molecule has 1 fully saturated rings. The molecule has 1 atom stereocenters. The zero-order valence-electron chi connectivity index (χ0n) is 14.8. The summed E-state index contributed by atoms with van der Waals surface area (Å²) in [4.78, 5) is 15.0. The van der Waals surface area contributed by atoms with Crippen molar-refractivity contribution in [2.24, 2.45) is 5.92 Å². The first kappa shape index (κ1) is 18.0. The van der Waals surface area contributed by atoms with Gasteiger partial charge in [0.2, 0.25) is 0 Å². The number of aliphatic carboxylic acids is 1. The van der Waals surface area contributed by atoms with E-state index in [2.05, 4.69) is 66.6 Å². The molecule has 0 bridgehead atoms. The lowest BCUT2D eigenvalue weighted by molar-refractivity contribution is -0.143. The van der Waals surface area contributed by atoms with Crippen molar-refractivity contribution in [1.29, 1.82) is 0 Å². The zero-order chi connectivity index (χ0) is 17.8. The summed E-state index contributed by atoms with van der Waals surface area (Å²) >= 11 is 1.75. The summed E-state index contributed by atoms with van der Waals surface area (Å²) < 4.78 is 0. The third-order valence-corrected chi connectivity index (χ3v) is 5.78. The highest BCUT2D eigenvalue weighted by atomic mass is 32.2. The molecule has 132 valence electrons. The van der Waals surface area contributed by atoms with E-state index in [1.54, 1.807) is 11.8 Å². The zero-order valence-corrected chi connectivity index (χ0v) is 15.6. The summed E-state index contributed by atoms with van der Waals surface area (Å²) in [5.41, 5.74) is 3.81. The van der Waals surface area contributed by atoms with E-state index in [-0.39, 0.29) is 12.0 Å². The van der Waals surface area contributed by atoms with E-state index in [0.717, 1.165) is 25.9 Å². The normalized spacial score (nSPS) is 17.4. The van der Waals surface area contributed by atoms with Crippen molar-refractivity contribution in [2.45, 2.75) is 30.7 Å². The smallest absolute Gasteiger partial charge is 0.306 e. The summed E-state index contributed by atoms with van der Waals surface area (Å²) in [6, 6.07) is 17.6. The molecular formula is C21H25NO2S. The van der Waals surface area contributed by atoms with Gasteiger partial charge in [0.05, 0.1) is 12.0 Å². The van der Waals surface area contributed by atoms with Gasteiger partial charge in [0.15, 0.2) is 0 Å². The lowest BCUT2D eigenvalue weighted by atomic mass is 9.91. The summed E-state index contributed by atoms with van der Waals surface area (Å²) in [5, 5.41) is 9.27. The van der Waals surface area contributed by atoms with Crippen LogP contribution < -0.4 is 0 Å². The second-order valence-corrected chi connectivity index (χ2v) is 7.62.